The van der Waals surface area contributed by atoms with E-state index in [0.717, 1.165) is 13.2 Å². The quantitative estimate of drug-likeness (QED) is 0.645. The molecule has 0 saturated carbocycles. The molecule has 0 atom stereocenters. The summed E-state index contributed by atoms with van der Waals surface area (Å²) >= 11 is 0. The Morgan fingerprint density at radius 1 is 1.20 bits per heavy atom. The van der Waals surface area contributed by atoms with Gasteiger partial charge in [-0.3, -0.25) is 0 Å². The highest BCUT2D eigenvalue weighted by atomic mass is 19.1. The van der Waals surface area contributed by atoms with Crippen molar-refractivity contribution in [1.29, 1.82) is 0 Å². The van der Waals surface area contributed by atoms with E-state index < -0.39 is 17.6 Å². The number of nitrogens with one attached hydrogen (secondary N) is 2. The minimum Gasteiger partial charge on any atom is -0.465 e. The van der Waals surface area contributed by atoms with Crippen LogP contribution in [0, 0.1) is 11.6 Å². The highest BCUT2D eigenvalue weighted by Gasteiger charge is 2.16. The molecular formula is C14H20F2N2O2. The first-order valence-electron chi connectivity index (χ1n) is 6.31. The SMILES string of the molecule is COC(=O)c1cc(NCCNC(C)(C)C)c(F)cc1F. The van der Waals surface area contributed by atoms with Crippen molar-refractivity contribution < 1.29 is 18.3 Å². The molecule has 112 valence electrons. The molecule has 0 aliphatic rings. The van der Waals surface area contributed by atoms with Crippen molar-refractivity contribution in [3.05, 3.63) is 29.3 Å². The second-order valence-corrected chi connectivity index (χ2v) is 5.41. The number of halogens is 2. The second-order valence-electron chi connectivity index (χ2n) is 5.41. The summed E-state index contributed by atoms with van der Waals surface area (Å²) in [5, 5.41) is 6.04. The molecule has 0 aromatic heterocycles. The molecule has 1 rings (SSSR count). The number of hydrogen-bond donors (Lipinski definition) is 2. The predicted octanol–water partition coefficient (Wildman–Crippen LogP) is 2.55. The summed E-state index contributed by atoms with van der Waals surface area (Å²) < 4.78 is 31.5. The summed E-state index contributed by atoms with van der Waals surface area (Å²) in [5.74, 6) is -2.52. The Kier molecular flexibility index (Phi) is 5.44. The molecule has 0 heterocycles. The van der Waals surface area contributed by atoms with Crippen LogP contribution in [0.15, 0.2) is 12.1 Å². The Labute approximate surface area is 117 Å². The molecule has 0 saturated heterocycles. The lowest BCUT2D eigenvalue weighted by Crippen LogP contribution is -2.38. The van der Waals surface area contributed by atoms with Gasteiger partial charge in [0.05, 0.1) is 18.4 Å². The molecule has 0 spiro atoms. The fourth-order valence-corrected chi connectivity index (χ4v) is 1.59. The van der Waals surface area contributed by atoms with E-state index in [-0.39, 0.29) is 16.8 Å². The van der Waals surface area contributed by atoms with Crippen molar-refractivity contribution in [1.82, 2.24) is 5.32 Å². The minimum atomic E-state index is -0.937. The van der Waals surface area contributed by atoms with Crippen molar-refractivity contribution in [2.24, 2.45) is 0 Å². The number of methoxy groups -OCH3 is 1. The molecule has 0 unspecified atom stereocenters. The van der Waals surface area contributed by atoms with E-state index >= 15 is 0 Å². The van der Waals surface area contributed by atoms with Crippen molar-refractivity contribution >= 4 is 11.7 Å². The highest BCUT2D eigenvalue weighted by Crippen LogP contribution is 2.20. The first-order chi connectivity index (χ1) is 9.24. The van der Waals surface area contributed by atoms with Crippen LogP contribution in [-0.4, -0.2) is 31.7 Å². The molecule has 0 bridgehead atoms. The number of ether oxygens (including phenoxy) is 1. The van der Waals surface area contributed by atoms with Crippen molar-refractivity contribution in [3.8, 4) is 0 Å². The van der Waals surface area contributed by atoms with E-state index in [1.165, 1.54) is 0 Å². The van der Waals surface area contributed by atoms with Gasteiger partial charge in [0.2, 0.25) is 0 Å². The maximum Gasteiger partial charge on any atom is 0.340 e. The third-order valence-electron chi connectivity index (χ3n) is 2.56. The van der Waals surface area contributed by atoms with E-state index in [1.54, 1.807) is 0 Å². The van der Waals surface area contributed by atoms with Gasteiger partial charge in [0.25, 0.3) is 0 Å². The summed E-state index contributed by atoms with van der Waals surface area (Å²) in [7, 11) is 1.14. The molecule has 0 aliphatic carbocycles. The zero-order valence-corrected chi connectivity index (χ0v) is 12.1. The van der Waals surface area contributed by atoms with Crippen LogP contribution >= 0.6 is 0 Å². The van der Waals surface area contributed by atoms with Crippen molar-refractivity contribution in [3.63, 3.8) is 0 Å². The second kappa shape index (κ2) is 6.65. The van der Waals surface area contributed by atoms with Crippen LogP contribution in [-0.2, 0) is 4.74 Å². The van der Waals surface area contributed by atoms with Crippen LogP contribution in [0.25, 0.3) is 0 Å². The Hall–Kier alpha value is -1.69. The van der Waals surface area contributed by atoms with Gasteiger partial charge in [-0.1, -0.05) is 0 Å². The van der Waals surface area contributed by atoms with Crippen LogP contribution in [0.5, 0.6) is 0 Å². The molecule has 0 radical (unpaired) electrons. The van der Waals surface area contributed by atoms with E-state index in [2.05, 4.69) is 15.4 Å². The third-order valence-corrected chi connectivity index (χ3v) is 2.56. The van der Waals surface area contributed by atoms with Crippen LogP contribution < -0.4 is 10.6 Å². The molecule has 0 aliphatic heterocycles. The lowest BCUT2D eigenvalue weighted by Gasteiger charge is -2.20. The van der Waals surface area contributed by atoms with Crippen molar-refractivity contribution in [2.75, 3.05) is 25.5 Å². The highest BCUT2D eigenvalue weighted by molar-refractivity contribution is 5.90. The fraction of sp³-hybridized carbons (Fsp3) is 0.500. The minimum absolute atomic E-state index is 0.0415. The average Bonchev–Trinajstić information content (AvgIpc) is 2.34. The standard InChI is InChI=1S/C14H20F2N2O2/c1-14(2,3)18-6-5-17-12-7-9(13(19)20-4)10(15)8-11(12)16/h7-8,17-18H,5-6H2,1-4H3. The third kappa shape index (κ3) is 4.77. The largest absolute Gasteiger partial charge is 0.465 e. The molecule has 1 aromatic rings. The van der Waals surface area contributed by atoms with E-state index in [0.29, 0.717) is 19.2 Å². The smallest absolute Gasteiger partial charge is 0.340 e. The first-order valence-corrected chi connectivity index (χ1v) is 6.31. The molecule has 0 amide bonds. The Balaban J connectivity index is 2.73. The van der Waals surface area contributed by atoms with Crippen LogP contribution in [0.3, 0.4) is 0 Å². The van der Waals surface area contributed by atoms with E-state index in [1.807, 2.05) is 20.8 Å². The van der Waals surface area contributed by atoms with Gasteiger partial charge in [0.15, 0.2) is 0 Å². The van der Waals surface area contributed by atoms with E-state index in [9.17, 15) is 13.6 Å². The molecular weight excluding hydrogens is 266 g/mol. The zero-order valence-electron chi connectivity index (χ0n) is 12.1. The number of hydrogen-bond acceptors (Lipinski definition) is 4. The Bertz CT molecular complexity index is 485. The van der Waals surface area contributed by atoms with Gasteiger partial charge in [-0.05, 0) is 26.8 Å². The van der Waals surface area contributed by atoms with Crippen LogP contribution in [0.2, 0.25) is 0 Å². The molecule has 6 heteroatoms. The van der Waals surface area contributed by atoms with Gasteiger partial charge in [-0.15, -0.1) is 0 Å². The lowest BCUT2D eigenvalue weighted by molar-refractivity contribution is 0.0595. The zero-order chi connectivity index (χ0) is 15.3. The predicted molar refractivity (Wildman–Crippen MR) is 73.9 cm³/mol. The summed E-state index contributed by atoms with van der Waals surface area (Å²) in [6, 6.07) is 1.79. The first kappa shape index (κ1) is 16.4. The normalized spacial score (nSPS) is 11.3. The number of carbonyl (C=O) groups is 1. The Morgan fingerprint density at radius 3 is 2.40 bits per heavy atom. The number of esters is 1. The maximum atomic E-state index is 13.6. The van der Waals surface area contributed by atoms with Gasteiger partial charge < -0.3 is 15.4 Å². The van der Waals surface area contributed by atoms with Gasteiger partial charge >= 0.3 is 5.97 Å². The monoisotopic (exact) mass is 286 g/mol. The van der Waals surface area contributed by atoms with Gasteiger partial charge in [-0.25, -0.2) is 13.6 Å². The van der Waals surface area contributed by atoms with E-state index in [4.69, 9.17) is 0 Å². The summed E-state index contributed by atoms with van der Waals surface area (Å²) in [6.07, 6.45) is 0. The lowest BCUT2D eigenvalue weighted by atomic mass is 10.1. The van der Waals surface area contributed by atoms with Gasteiger partial charge in [0.1, 0.15) is 11.6 Å². The number of anilines is 1. The van der Waals surface area contributed by atoms with Crippen LogP contribution in [0.4, 0.5) is 14.5 Å². The topological polar surface area (TPSA) is 50.4 Å². The number of benzene rings is 1. The summed E-state index contributed by atoms with van der Waals surface area (Å²) in [5.41, 5.74) is -0.261. The summed E-state index contributed by atoms with van der Waals surface area (Å²) in [6.45, 7) is 7.09. The Morgan fingerprint density at radius 2 is 1.85 bits per heavy atom. The fourth-order valence-electron chi connectivity index (χ4n) is 1.59. The molecule has 4 nitrogen and oxygen atoms in total. The summed E-state index contributed by atoms with van der Waals surface area (Å²) in [4.78, 5) is 11.3. The molecule has 2 N–H and O–H groups in total. The molecule has 0 fully saturated rings. The molecule has 20 heavy (non-hydrogen) atoms. The van der Waals surface area contributed by atoms with Gasteiger partial charge in [-0.2, -0.15) is 0 Å². The number of carbonyl (C=O) groups excluding carboxylic acids is 1. The van der Waals surface area contributed by atoms with Gasteiger partial charge in [0, 0.05) is 24.7 Å². The van der Waals surface area contributed by atoms with Crippen LogP contribution in [0.1, 0.15) is 31.1 Å². The number of rotatable bonds is 5. The molecule has 1 aromatic carbocycles. The van der Waals surface area contributed by atoms with Crippen molar-refractivity contribution in [2.45, 2.75) is 26.3 Å². The average molecular weight is 286 g/mol. The maximum absolute atomic E-state index is 13.6.